The number of hydrogen-bond acceptors (Lipinski definition) is 13. The van der Waals surface area contributed by atoms with Gasteiger partial charge in [0.05, 0.1) is 6.10 Å². The third-order valence-corrected chi connectivity index (χ3v) is 19.0. The van der Waals surface area contributed by atoms with Crippen molar-refractivity contribution in [2.75, 3.05) is 6.54 Å². The number of allylic oxidation sites excluding steroid dienone is 2. The van der Waals surface area contributed by atoms with Gasteiger partial charge in [0.15, 0.2) is 30.6 Å². The Kier molecular flexibility index (Phi) is 12.1. The topological polar surface area (TPSA) is 242 Å². The molecule has 0 aromatic rings. The van der Waals surface area contributed by atoms with Gasteiger partial charge in [0.1, 0.15) is 36.6 Å². The highest BCUT2D eigenvalue weighted by atomic mass is 16.8. The van der Waals surface area contributed by atoms with Crippen LogP contribution < -0.4 is 5.32 Å². The van der Waals surface area contributed by atoms with Gasteiger partial charge in [-0.15, -0.1) is 0 Å². The SMILES string of the molecule is CC1(C)[C@@H](O[C@@H]2O[C@H](C(=O)O)[C@@H](O)[C@H](O)[C@H]2O[C@@H]2O[C@H](C(=O)O)[C@@H](O)[C@H](O)[C@H]2O)CC[C@]2(C)[C@H]3C(=O)C=C4[C@@H]5C[C@@](C)(CNC6CCCC6)CC[C@]5(C)CC[C@@]4(C)[C@]3(C)CC[C@@H]12. The van der Waals surface area contributed by atoms with E-state index >= 15 is 4.79 Å². The summed E-state index contributed by atoms with van der Waals surface area (Å²) in [6.45, 7) is 17.2. The molecule has 0 radical (unpaired) electrons. The summed E-state index contributed by atoms with van der Waals surface area (Å²) in [7, 11) is 0. The van der Waals surface area contributed by atoms with Crippen molar-refractivity contribution in [3.63, 3.8) is 0 Å². The van der Waals surface area contributed by atoms with Gasteiger partial charge < -0.3 is 60.0 Å². The molecule has 6 aliphatic carbocycles. The largest absolute Gasteiger partial charge is 0.479 e. The number of ketones is 1. The molecule has 0 spiro atoms. The Morgan fingerprint density at radius 3 is 1.98 bits per heavy atom. The predicted molar refractivity (Wildman–Crippen MR) is 222 cm³/mol. The van der Waals surface area contributed by atoms with E-state index in [9.17, 15) is 45.3 Å². The van der Waals surface area contributed by atoms with Gasteiger partial charge in [-0.05, 0) is 121 Å². The Labute approximate surface area is 365 Å². The predicted octanol–water partition coefficient (Wildman–Crippen LogP) is 3.69. The van der Waals surface area contributed by atoms with Crippen LogP contribution in [0.15, 0.2) is 11.6 Å². The Bertz CT molecular complexity index is 1790. The van der Waals surface area contributed by atoms with E-state index < -0.39 is 90.3 Å². The van der Waals surface area contributed by atoms with Crippen molar-refractivity contribution in [3.05, 3.63) is 11.6 Å². The quantitative estimate of drug-likeness (QED) is 0.154. The third kappa shape index (κ3) is 7.26. The van der Waals surface area contributed by atoms with Crippen molar-refractivity contribution in [2.24, 2.45) is 50.2 Å². The average Bonchev–Trinajstić information content (AvgIpc) is 3.73. The first-order valence-electron chi connectivity index (χ1n) is 23.4. The van der Waals surface area contributed by atoms with Crippen LogP contribution in [0.2, 0.25) is 0 Å². The maximum atomic E-state index is 15.1. The minimum absolute atomic E-state index is 0.0204. The van der Waals surface area contributed by atoms with Crippen molar-refractivity contribution >= 4 is 17.7 Å². The molecular weight excluding hydrogens is 803 g/mol. The fourth-order valence-electron chi connectivity index (χ4n) is 14.9. The van der Waals surface area contributed by atoms with Crippen molar-refractivity contribution in [1.82, 2.24) is 5.32 Å². The van der Waals surface area contributed by atoms with Gasteiger partial charge in [-0.25, -0.2) is 9.59 Å². The molecule has 0 bridgehead atoms. The van der Waals surface area contributed by atoms with E-state index in [0.717, 1.165) is 38.6 Å². The molecule has 0 amide bonds. The molecule has 350 valence electrons. The molecule has 7 fully saturated rings. The van der Waals surface area contributed by atoms with E-state index in [-0.39, 0.29) is 39.3 Å². The zero-order chi connectivity index (χ0) is 45.1. The summed E-state index contributed by atoms with van der Waals surface area (Å²) in [4.78, 5) is 39.2. The van der Waals surface area contributed by atoms with Gasteiger partial charge in [-0.3, -0.25) is 4.79 Å². The van der Waals surface area contributed by atoms with Crippen molar-refractivity contribution in [1.29, 1.82) is 0 Å². The molecule has 15 nitrogen and oxygen atoms in total. The number of carboxylic acids is 2. The van der Waals surface area contributed by atoms with E-state index in [1.807, 2.05) is 0 Å². The summed E-state index contributed by atoms with van der Waals surface area (Å²) < 4.78 is 23.6. The molecule has 8 aliphatic rings. The van der Waals surface area contributed by atoms with Crippen LogP contribution in [0.3, 0.4) is 0 Å². The van der Waals surface area contributed by atoms with Crippen LogP contribution >= 0.6 is 0 Å². The molecule has 2 aliphatic heterocycles. The first kappa shape index (κ1) is 46.5. The number of carboxylic acid groups (broad SMARTS) is 2. The fraction of sp³-hybridized carbons (Fsp3) is 0.894. The summed E-state index contributed by atoms with van der Waals surface area (Å²) in [5, 5.41) is 77.1. The first-order chi connectivity index (χ1) is 28.9. The minimum Gasteiger partial charge on any atom is -0.479 e. The number of carbonyl (C=O) groups excluding carboxylic acids is 1. The first-order valence-corrected chi connectivity index (χ1v) is 23.4. The van der Waals surface area contributed by atoms with E-state index in [1.165, 1.54) is 44.1 Å². The molecule has 62 heavy (non-hydrogen) atoms. The number of hydrogen-bond donors (Lipinski definition) is 8. The van der Waals surface area contributed by atoms with E-state index in [0.29, 0.717) is 24.8 Å². The lowest BCUT2D eigenvalue weighted by Crippen LogP contribution is -2.68. The molecule has 19 atom stereocenters. The highest BCUT2D eigenvalue weighted by molar-refractivity contribution is 5.95. The van der Waals surface area contributed by atoms with Crippen LogP contribution in [0.5, 0.6) is 0 Å². The van der Waals surface area contributed by atoms with E-state index in [2.05, 4.69) is 59.9 Å². The van der Waals surface area contributed by atoms with Gasteiger partial charge in [0.25, 0.3) is 0 Å². The molecule has 8 N–H and O–H groups in total. The molecule has 0 unspecified atom stereocenters. The average molecular weight is 876 g/mol. The number of nitrogens with one attached hydrogen (secondary N) is 1. The summed E-state index contributed by atoms with van der Waals surface area (Å²) in [5.74, 6) is -2.92. The smallest absolute Gasteiger partial charge is 0.335 e. The Morgan fingerprint density at radius 1 is 0.726 bits per heavy atom. The Hall–Kier alpha value is -2.05. The van der Waals surface area contributed by atoms with Crippen LogP contribution in [0.1, 0.15) is 132 Å². The monoisotopic (exact) mass is 876 g/mol. The number of fused-ring (bicyclic) bond motifs is 7. The molecule has 5 saturated carbocycles. The molecular formula is C47H73NO14. The fourth-order valence-corrected chi connectivity index (χ4v) is 14.9. The molecule has 2 saturated heterocycles. The van der Waals surface area contributed by atoms with Crippen LogP contribution in [0.4, 0.5) is 0 Å². The summed E-state index contributed by atoms with van der Waals surface area (Å²) in [6, 6.07) is 0.614. The molecule has 8 rings (SSSR count). The van der Waals surface area contributed by atoms with Gasteiger partial charge >= 0.3 is 11.9 Å². The number of aliphatic hydroxyl groups is 5. The zero-order valence-electron chi connectivity index (χ0n) is 37.6. The van der Waals surface area contributed by atoms with Crippen LogP contribution in [0.25, 0.3) is 0 Å². The van der Waals surface area contributed by atoms with E-state index in [4.69, 9.17) is 18.9 Å². The Balaban J connectivity index is 1.05. The lowest BCUT2D eigenvalue weighted by molar-refractivity contribution is -0.371. The summed E-state index contributed by atoms with van der Waals surface area (Å²) >= 11 is 0. The maximum Gasteiger partial charge on any atom is 0.335 e. The highest BCUT2D eigenvalue weighted by Crippen LogP contribution is 2.75. The third-order valence-electron chi connectivity index (χ3n) is 19.0. The molecule has 0 aromatic carbocycles. The minimum atomic E-state index is -2.02. The standard InChI is InChI=1S/C47H73NO14/c1-42(2)27-12-15-47(7)37(26(49)20-24-25-21-43(3,22-48-23-10-8-9-11-23)16-17-44(25,4)18-19-46(24,47)6)45(27,5)14-13-28(42)59-41-36(32(53)31(52)35(61-41)39(57)58)62-40-33(54)29(50)30(51)34(60-40)38(55)56/h20,23,25,27-37,40-41,48,50-54H,8-19,21-22H2,1-7H3,(H,55,56)(H,57,58)/t25-,27-,28-,29-,30-,31-,32-,33+,34-,35-,36+,37+,40-,41+,43-,44+,45-,46+,47+/m0/s1. The van der Waals surface area contributed by atoms with Crippen LogP contribution in [-0.4, -0.2) is 134 Å². The second-order valence-electron chi connectivity index (χ2n) is 22.9. The van der Waals surface area contributed by atoms with Gasteiger partial charge in [0.2, 0.25) is 0 Å². The Morgan fingerprint density at radius 2 is 1.34 bits per heavy atom. The molecule has 15 heteroatoms. The number of aliphatic carboxylic acids is 2. The number of rotatable bonds is 9. The number of ether oxygens (including phenoxy) is 4. The van der Waals surface area contributed by atoms with Gasteiger partial charge in [-0.2, -0.15) is 0 Å². The normalized spacial score (nSPS) is 51.6. The van der Waals surface area contributed by atoms with Crippen molar-refractivity contribution < 1.29 is 69.1 Å². The van der Waals surface area contributed by atoms with Gasteiger partial charge in [0, 0.05) is 18.5 Å². The number of carbonyl (C=O) groups is 3. The zero-order valence-corrected chi connectivity index (χ0v) is 37.6. The van der Waals surface area contributed by atoms with Crippen LogP contribution in [0, 0.1) is 50.2 Å². The van der Waals surface area contributed by atoms with Crippen molar-refractivity contribution in [2.45, 2.75) is 205 Å². The lowest BCUT2D eigenvalue weighted by Gasteiger charge is -2.70. The van der Waals surface area contributed by atoms with E-state index in [1.54, 1.807) is 0 Å². The number of aliphatic hydroxyl groups excluding tert-OH is 5. The lowest BCUT2D eigenvalue weighted by atomic mass is 9.33. The second-order valence-corrected chi connectivity index (χ2v) is 22.9. The second kappa shape index (κ2) is 16.1. The molecule has 2 heterocycles. The summed E-state index contributed by atoms with van der Waals surface area (Å²) in [5.41, 5.74) is 0.203. The van der Waals surface area contributed by atoms with Crippen molar-refractivity contribution in [3.8, 4) is 0 Å². The maximum absolute atomic E-state index is 15.1. The molecule has 0 aromatic heterocycles. The van der Waals surface area contributed by atoms with Gasteiger partial charge in [-0.1, -0.05) is 66.9 Å². The van der Waals surface area contributed by atoms with Crippen LogP contribution in [-0.2, 0) is 33.3 Å². The highest BCUT2D eigenvalue weighted by Gasteiger charge is 2.70. The summed E-state index contributed by atoms with van der Waals surface area (Å²) in [6.07, 6.45) is -4.34.